The maximum absolute atomic E-state index is 3.85. The molecule has 2 aliphatic rings. The molecule has 2 aliphatic heterocycles. The van der Waals surface area contributed by atoms with Gasteiger partial charge in [0.25, 0.3) is 0 Å². The molecule has 0 unspecified atom stereocenters. The summed E-state index contributed by atoms with van der Waals surface area (Å²) in [6.45, 7) is 2.34. The molecular weight excluding hydrogens is 298 g/mol. The summed E-state index contributed by atoms with van der Waals surface area (Å²) >= 11 is 3.60. The standard InChI is InChI=1S/C17H16BrN/c1-17-10-12-8-13(18)7-6-11(12)9-16(19-17)14-4-2-3-5-15(14)17/h2-8,16,19H,9-10H2,1H3/t16-,17+/m1/s1. The molecule has 0 aromatic heterocycles. The lowest BCUT2D eigenvalue weighted by Crippen LogP contribution is -2.36. The topological polar surface area (TPSA) is 12.0 Å². The summed E-state index contributed by atoms with van der Waals surface area (Å²) in [6, 6.07) is 16.1. The fraction of sp³-hybridized carbons (Fsp3) is 0.294. The van der Waals surface area contributed by atoms with Crippen molar-refractivity contribution in [2.24, 2.45) is 0 Å². The SMILES string of the molecule is C[C@@]12Cc3cc(Br)ccc3C[C@@H](N1)c1ccccc12. The molecule has 96 valence electrons. The summed E-state index contributed by atoms with van der Waals surface area (Å²) in [6.07, 6.45) is 2.16. The molecule has 0 fully saturated rings. The Kier molecular flexibility index (Phi) is 2.42. The Balaban J connectivity index is 1.90. The van der Waals surface area contributed by atoms with E-state index in [1.54, 1.807) is 0 Å². The van der Waals surface area contributed by atoms with Crippen LogP contribution in [0.4, 0.5) is 0 Å². The lowest BCUT2D eigenvalue weighted by Gasteiger charge is -2.26. The van der Waals surface area contributed by atoms with Crippen LogP contribution in [0.2, 0.25) is 0 Å². The maximum Gasteiger partial charge on any atom is 0.0455 e. The lowest BCUT2D eigenvalue weighted by molar-refractivity contribution is 0.368. The van der Waals surface area contributed by atoms with Gasteiger partial charge >= 0.3 is 0 Å². The molecule has 2 aromatic carbocycles. The van der Waals surface area contributed by atoms with Crippen molar-refractivity contribution in [1.82, 2.24) is 5.32 Å². The molecule has 1 N–H and O–H groups in total. The van der Waals surface area contributed by atoms with Gasteiger partial charge in [-0.1, -0.05) is 46.3 Å². The van der Waals surface area contributed by atoms with E-state index in [-0.39, 0.29) is 5.54 Å². The van der Waals surface area contributed by atoms with Crippen LogP contribution in [-0.2, 0) is 18.4 Å². The molecule has 2 bridgehead atoms. The average Bonchev–Trinajstić information content (AvgIpc) is 2.57. The summed E-state index contributed by atoms with van der Waals surface area (Å²) in [5, 5.41) is 3.85. The fourth-order valence-corrected chi connectivity index (χ4v) is 4.12. The van der Waals surface area contributed by atoms with Crippen LogP contribution in [0.25, 0.3) is 0 Å². The number of benzene rings is 2. The van der Waals surface area contributed by atoms with Crippen LogP contribution in [0.3, 0.4) is 0 Å². The lowest BCUT2D eigenvalue weighted by atomic mass is 9.82. The number of rotatable bonds is 0. The first-order valence-electron chi connectivity index (χ1n) is 6.80. The van der Waals surface area contributed by atoms with Crippen molar-refractivity contribution >= 4 is 15.9 Å². The third kappa shape index (κ3) is 1.70. The van der Waals surface area contributed by atoms with Gasteiger partial charge in [0.05, 0.1) is 0 Å². The molecule has 4 rings (SSSR count). The minimum Gasteiger partial charge on any atom is -0.300 e. The molecule has 2 heteroatoms. The molecule has 2 aromatic rings. The van der Waals surface area contributed by atoms with Crippen LogP contribution in [0.5, 0.6) is 0 Å². The number of hydrogen-bond acceptors (Lipinski definition) is 1. The Morgan fingerprint density at radius 1 is 1.16 bits per heavy atom. The maximum atomic E-state index is 3.85. The molecule has 2 atom stereocenters. The predicted molar refractivity (Wildman–Crippen MR) is 81.2 cm³/mol. The van der Waals surface area contributed by atoms with Gasteiger partial charge in [-0.25, -0.2) is 0 Å². The summed E-state index contributed by atoms with van der Waals surface area (Å²) < 4.78 is 1.18. The van der Waals surface area contributed by atoms with Crippen LogP contribution in [0, 0.1) is 0 Å². The van der Waals surface area contributed by atoms with E-state index in [2.05, 4.69) is 70.6 Å². The van der Waals surface area contributed by atoms with Crippen molar-refractivity contribution in [2.45, 2.75) is 31.3 Å². The normalized spacial score (nSPS) is 27.6. The van der Waals surface area contributed by atoms with Gasteiger partial charge in [-0.2, -0.15) is 0 Å². The van der Waals surface area contributed by atoms with Crippen LogP contribution >= 0.6 is 15.9 Å². The van der Waals surface area contributed by atoms with Gasteiger partial charge in [0, 0.05) is 16.1 Å². The predicted octanol–water partition coefficient (Wildman–Crippen LogP) is 4.11. The summed E-state index contributed by atoms with van der Waals surface area (Å²) in [5.74, 6) is 0. The number of halogens is 1. The van der Waals surface area contributed by atoms with Crippen molar-refractivity contribution in [1.29, 1.82) is 0 Å². The second-order valence-electron chi connectivity index (χ2n) is 5.91. The summed E-state index contributed by atoms with van der Waals surface area (Å²) in [5.41, 5.74) is 6.00. The van der Waals surface area contributed by atoms with E-state index < -0.39 is 0 Å². The molecule has 0 radical (unpaired) electrons. The van der Waals surface area contributed by atoms with Crippen molar-refractivity contribution < 1.29 is 0 Å². The number of fused-ring (bicyclic) bond motifs is 6. The second kappa shape index (κ2) is 3.94. The third-order valence-corrected chi connectivity index (χ3v) is 5.05. The molecule has 2 heterocycles. The van der Waals surface area contributed by atoms with Crippen molar-refractivity contribution in [3.05, 3.63) is 69.2 Å². The smallest absolute Gasteiger partial charge is 0.0455 e. The van der Waals surface area contributed by atoms with Crippen LogP contribution in [0.15, 0.2) is 46.9 Å². The molecule has 0 amide bonds. The van der Waals surface area contributed by atoms with Crippen molar-refractivity contribution in [3.63, 3.8) is 0 Å². The fourth-order valence-electron chi connectivity index (χ4n) is 3.71. The van der Waals surface area contributed by atoms with E-state index in [1.807, 2.05) is 0 Å². The van der Waals surface area contributed by atoms with Gasteiger partial charge in [-0.3, -0.25) is 0 Å². The van der Waals surface area contributed by atoms with Gasteiger partial charge in [0.2, 0.25) is 0 Å². The minimum absolute atomic E-state index is 0.0767. The number of hydrogen-bond donors (Lipinski definition) is 1. The summed E-state index contributed by atoms with van der Waals surface area (Å²) in [4.78, 5) is 0. The molecule has 19 heavy (non-hydrogen) atoms. The highest BCUT2D eigenvalue weighted by molar-refractivity contribution is 9.10. The molecule has 1 nitrogen and oxygen atoms in total. The Morgan fingerprint density at radius 3 is 2.89 bits per heavy atom. The first-order valence-corrected chi connectivity index (χ1v) is 7.59. The molecule has 0 spiro atoms. The van der Waals surface area contributed by atoms with Crippen LogP contribution in [-0.4, -0.2) is 0 Å². The van der Waals surface area contributed by atoms with Gasteiger partial charge in [-0.05, 0) is 54.2 Å². The first kappa shape index (κ1) is 11.7. The van der Waals surface area contributed by atoms with E-state index in [0.29, 0.717) is 6.04 Å². The zero-order valence-electron chi connectivity index (χ0n) is 10.9. The average molecular weight is 314 g/mol. The molecule has 0 saturated heterocycles. The van der Waals surface area contributed by atoms with Gasteiger partial charge in [-0.15, -0.1) is 0 Å². The zero-order valence-corrected chi connectivity index (χ0v) is 12.5. The van der Waals surface area contributed by atoms with E-state index in [0.717, 1.165) is 12.8 Å². The van der Waals surface area contributed by atoms with Gasteiger partial charge < -0.3 is 5.32 Å². The quantitative estimate of drug-likeness (QED) is 0.772. The molecule has 0 aliphatic carbocycles. The Hall–Kier alpha value is -1.12. The Morgan fingerprint density at radius 2 is 2.00 bits per heavy atom. The Labute approximate surface area is 122 Å². The monoisotopic (exact) mass is 313 g/mol. The summed E-state index contributed by atoms with van der Waals surface area (Å²) in [7, 11) is 0. The van der Waals surface area contributed by atoms with Crippen molar-refractivity contribution in [2.75, 3.05) is 0 Å². The first-order chi connectivity index (χ1) is 9.16. The Bertz CT molecular complexity index is 664. The van der Waals surface area contributed by atoms with Crippen molar-refractivity contribution in [3.8, 4) is 0 Å². The largest absolute Gasteiger partial charge is 0.300 e. The second-order valence-corrected chi connectivity index (χ2v) is 6.83. The van der Waals surface area contributed by atoms with Crippen LogP contribution < -0.4 is 5.32 Å². The number of nitrogens with one attached hydrogen (secondary N) is 1. The third-order valence-electron chi connectivity index (χ3n) is 4.56. The van der Waals surface area contributed by atoms with Gasteiger partial charge in [0.1, 0.15) is 0 Å². The highest BCUT2D eigenvalue weighted by Gasteiger charge is 2.41. The van der Waals surface area contributed by atoms with E-state index >= 15 is 0 Å². The van der Waals surface area contributed by atoms with Crippen LogP contribution in [0.1, 0.15) is 35.2 Å². The molecule has 0 saturated carbocycles. The van der Waals surface area contributed by atoms with E-state index in [9.17, 15) is 0 Å². The minimum atomic E-state index is 0.0767. The van der Waals surface area contributed by atoms with E-state index in [1.165, 1.54) is 26.7 Å². The highest BCUT2D eigenvalue weighted by Crippen LogP contribution is 2.44. The zero-order chi connectivity index (χ0) is 13.0. The van der Waals surface area contributed by atoms with E-state index in [4.69, 9.17) is 0 Å². The van der Waals surface area contributed by atoms with Gasteiger partial charge in [0.15, 0.2) is 0 Å². The molecular formula is C17H16BrN. The highest BCUT2D eigenvalue weighted by atomic mass is 79.9.